The van der Waals surface area contributed by atoms with Crippen LogP contribution >= 0.6 is 0 Å². The molecule has 1 heterocycles. The minimum atomic E-state index is 0.411. The SMILES string of the molecule is C/C=C\C=C/C.C=CCN1Cc2ccc(-c3ccccc3)cc2C(c2ccccc2)C1. The summed E-state index contributed by atoms with van der Waals surface area (Å²) in [6.07, 6.45) is 10.0. The Hall–Kier alpha value is -3.16. The molecule has 0 aliphatic carbocycles. The normalized spacial score (nSPS) is 16.0. The zero-order valence-corrected chi connectivity index (χ0v) is 18.7. The summed E-state index contributed by atoms with van der Waals surface area (Å²) in [5, 5.41) is 0. The first-order valence-corrected chi connectivity index (χ1v) is 11.1. The lowest BCUT2D eigenvalue weighted by Gasteiger charge is -2.35. The molecule has 0 saturated carbocycles. The van der Waals surface area contributed by atoms with Crippen LogP contribution in [0.1, 0.15) is 36.5 Å². The van der Waals surface area contributed by atoms with Crippen molar-refractivity contribution in [1.29, 1.82) is 0 Å². The van der Waals surface area contributed by atoms with E-state index < -0.39 is 0 Å². The average molecular weight is 408 g/mol. The molecule has 1 unspecified atom stereocenters. The Kier molecular flexibility index (Phi) is 8.63. The van der Waals surface area contributed by atoms with E-state index in [0.29, 0.717) is 5.92 Å². The lowest BCUT2D eigenvalue weighted by atomic mass is 9.83. The Bertz CT molecular complexity index is 989. The molecule has 1 atom stereocenters. The number of rotatable bonds is 5. The molecule has 1 aliphatic heterocycles. The molecule has 1 aliphatic rings. The summed E-state index contributed by atoms with van der Waals surface area (Å²) >= 11 is 0. The summed E-state index contributed by atoms with van der Waals surface area (Å²) in [7, 11) is 0. The van der Waals surface area contributed by atoms with Gasteiger partial charge in [0, 0.05) is 25.6 Å². The molecule has 0 aromatic heterocycles. The lowest BCUT2D eigenvalue weighted by molar-refractivity contribution is 0.266. The molecule has 1 nitrogen and oxygen atoms in total. The molecule has 31 heavy (non-hydrogen) atoms. The Morgan fingerprint density at radius 3 is 2.10 bits per heavy atom. The van der Waals surface area contributed by atoms with Gasteiger partial charge in [-0.05, 0) is 41.7 Å². The lowest BCUT2D eigenvalue weighted by Crippen LogP contribution is -2.34. The van der Waals surface area contributed by atoms with Crippen LogP contribution in [0.3, 0.4) is 0 Å². The average Bonchev–Trinajstić information content (AvgIpc) is 2.83. The number of nitrogens with zero attached hydrogens (tertiary/aromatic N) is 1. The molecule has 0 fully saturated rings. The molecular formula is C30H33N. The van der Waals surface area contributed by atoms with Crippen molar-refractivity contribution < 1.29 is 0 Å². The Labute approximate surface area is 188 Å². The highest BCUT2D eigenvalue weighted by Gasteiger charge is 2.26. The minimum absolute atomic E-state index is 0.411. The van der Waals surface area contributed by atoms with Crippen LogP contribution in [0.25, 0.3) is 11.1 Å². The number of benzene rings is 3. The quantitative estimate of drug-likeness (QED) is 0.310. The van der Waals surface area contributed by atoms with Crippen molar-refractivity contribution in [3.8, 4) is 11.1 Å². The smallest absolute Gasteiger partial charge is 0.0240 e. The summed E-state index contributed by atoms with van der Waals surface area (Å²) in [4.78, 5) is 2.48. The maximum Gasteiger partial charge on any atom is 0.0240 e. The number of hydrogen-bond acceptors (Lipinski definition) is 1. The predicted octanol–water partition coefficient (Wildman–Crippen LogP) is 7.63. The highest BCUT2D eigenvalue weighted by Crippen LogP contribution is 2.36. The molecule has 0 amide bonds. The fourth-order valence-corrected chi connectivity index (χ4v) is 4.05. The van der Waals surface area contributed by atoms with Gasteiger partial charge in [-0.2, -0.15) is 0 Å². The summed E-state index contributed by atoms with van der Waals surface area (Å²) in [6, 6.07) is 28.5. The van der Waals surface area contributed by atoms with Crippen molar-refractivity contribution in [2.24, 2.45) is 0 Å². The molecular weight excluding hydrogens is 374 g/mol. The summed E-state index contributed by atoms with van der Waals surface area (Å²) in [5.74, 6) is 0.411. The van der Waals surface area contributed by atoms with Crippen molar-refractivity contribution in [2.75, 3.05) is 13.1 Å². The first kappa shape index (κ1) is 22.5. The van der Waals surface area contributed by atoms with E-state index in [0.717, 1.165) is 19.6 Å². The third-order valence-corrected chi connectivity index (χ3v) is 5.55. The molecule has 4 rings (SSSR count). The van der Waals surface area contributed by atoms with Gasteiger partial charge in [0.25, 0.3) is 0 Å². The molecule has 3 aromatic carbocycles. The van der Waals surface area contributed by atoms with Crippen molar-refractivity contribution in [3.63, 3.8) is 0 Å². The molecule has 0 spiro atoms. The van der Waals surface area contributed by atoms with Crippen LogP contribution in [0.4, 0.5) is 0 Å². The van der Waals surface area contributed by atoms with Crippen LogP contribution in [0.2, 0.25) is 0 Å². The monoisotopic (exact) mass is 407 g/mol. The highest BCUT2D eigenvalue weighted by atomic mass is 15.1. The Morgan fingerprint density at radius 1 is 0.839 bits per heavy atom. The van der Waals surface area contributed by atoms with Gasteiger partial charge in [-0.15, -0.1) is 6.58 Å². The van der Waals surface area contributed by atoms with Gasteiger partial charge in [-0.3, -0.25) is 4.90 Å². The molecule has 0 saturated heterocycles. The maximum atomic E-state index is 3.92. The fourth-order valence-electron chi connectivity index (χ4n) is 4.05. The van der Waals surface area contributed by atoms with Crippen molar-refractivity contribution in [3.05, 3.63) is 133 Å². The minimum Gasteiger partial charge on any atom is -0.294 e. The van der Waals surface area contributed by atoms with Crippen LogP contribution in [-0.2, 0) is 6.54 Å². The first-order valence-electron chi connectivity index (χ1n) is 11.1. The zero-order valence-electron chi connectivity index (χ0n) is 18.7. The van der Waals surface area contributed by atoms with Gasteiger partial charge in [0.05, 0.1) is 0 Å². The summed E-state index contributed by atoms with van der Waals surface area (Å²) in [5.41, 5.74) is 6.88. The molecule has 0 bridgehead atoms. The van der Waals surface area contributed by atoms with Crippen molar-refractivity contribution in [1.82, 2.24) is 4.90 Å². The van der Waals surface area contributed by atoms with E-state index in [9.17, 15) is 0 Å². The number of hydrogen-bond donors (Lipinski definition) is 0. The van der Waals surface area contributed by atoms with Crippen molar-refractivity contribution >= 4 is 0 Å². The van der Waals surface area contributed by atoms with E-state index in [4.69, 9.17) is 0 Å². The highest BCUT2D eigenvalue weighted by molar-refractivity contribution is 5.65. The third-order valence-electron chi connectivity index (χ3n) is 5.55. The topological polar surface area (TPSA) is 3.24 Å². The second kappa shape index (κ2) is 11.9. The zero-order chi connectivity index (χ0) is 21.9. The Morgan fingerprint density at radius 2 is 1.48 bits per heavy atom. The molecule has 3 aromatic rings. The van der Waals surface area contributed by atoms with Gasteiger partial charge in [0.1, 0.15) is 0 Å². The number of allylic oxidation sites excluding steroid dienone is 4. The van der Waals surface area contributed by atoms with Gasteiger partial charge in [-0.1, -0.05) is 109 Å². The van der Waals surface area contributed by atoms with Crippen LogP contribution in [0.15, 0.2) is 116 Å². The summed E-state index contributed by atoms with van der Waals surface area (Å²) in [6.45, 7) is 10.9. The van der Waals surface area contributed by atoms with E-state index >= 15 is 0 Å². The molecule has 158 valence electrons. The Balaban J connectivity index is 0.000000401. The van der Waals surface area contributed by atoms with E-state index in [-0.39, 0.29) is 0 Å². The third kappa shape index (κ3) is 6.16. The van der Waals surface area contributed by atoms with Gasteiger partial charge in [0.2, 0.25) is 0 Å². The van der Waals surface area contributed by atoms with Gasteiger partial charge < -0.3 is 0 Å². The van der Waals surface area contributed by atoms with Crippen LogP contribution in [0, 0.1) is 0 Å². The van der Waals surface area contributed by atoms with E-state index in [1.807, 2.05) is 44.2 Å². The first-order chi connectivity index (χ1) is 15.3. The summed E-state index contributed by atoms with van der Waals surface area (Å²) < 4.78 is 0. The molecule has 0 radical (unpaired) electrons. The fraction of sp³-hybridized carbons (Fsp3) is 0.200. The molecule has 0 N–H and O–H groups in total. The van der Waals surface area contributed by atoms with Crippen LogP contribution < -0.4 is 0 Å². The van der Waals surface area contributed by atoms with E-state index in [2.05, 4.69) is 90.3 Å². The van der Waals surface area contributed by atoms with E-state index in [1.54, 1.807) is 0 Å². The second-order valence-corrected chi connectivity index (χ2v) is 7.78. The van der Waals surface area contributed by atoms with Gasteiger partial charge >= 0.3 is 0 Å². The number of fused-ring (bicyclic) bond motifs is 1. The van der Waals surface area contributed by atoms with Crippen LogP contribution in [-0.4, -0.2) is 18.0 Å². The second-order valence-electron chi connectivity index (χ2n) is 7.78. The van der Waals surface area contributed by atoms with Gasteiger partial charge in [0.15, 0.2) is 0 Å². The van der Waals surface area contributed by atoms with Crippen LogP contribution in [0.5, 0.6) is 0 Å². The van der Waals surface area contributed by atoms with Gasteiger partial charge in [-0.25, -0.2) is 0 Å². The van der Waals surface area contributed by atoms with E-state index in [1.165, 1.54) is 27.8 Å². The standard InChI is InChI=1S/C24H23N.C6H10/c1-2-15-25-17-22-14-13-21(19-9-5-3-6-10-19)16-23(22)24(18-25)20-11-7-4-8-12-20;1-3-5-6-4-2/h2-14,16,24H,1,15,17-18H2;3-6H,1-2H3/b;5-3-,6-4-. The predicted molar refractivity (Wildman–Crippen MR) is 135 cm³/mol. The largest absolute Gasteiger partial charge is 0.294 e. The maximum absolute atomic E-state index is 3.92. The van der Waals surface area contributed by atoms with Crippen molar-refractivity contribution in [2.45, 2.75) is 26.3 Å². The molecule has 1 heteroatoms.